The van der Waals surface area contributed by atoms with Crippen molar-refractivity contribution in [3.8, 4) is 0 Å². The van der Waals surface area contributed by atoms with E-state index in [1.165, 1.54) is 10.4 Å². The van der Waals surface area contributed by atoms with E-state index in [1.807, 2.05) is 13.8 Å². The van der Waals surface area contributed by atoms with Gasteiger partial charge >= 0.3 is 0 Å². The van der Waals surface area contributed by atoms with Crippen molar-refractivity contribution in [3.63, 3.8) is 0 Å². The number of nitrogens with one attached hydrogen (secondary N) is 1. The summed E-state index contributed by atoms with van der Waals surface area (Å²) in [5.74, 6) is 0.196. The first kappa shape index (κ1) is 12.0. The van der Waals surface area contributed by atoms with Crippen LogP contribution in [0.3, 0.4) is 0 Å². The van der Waals surface area contributed by atoms with Crippen molar-refractivity contribution in [1.29, 1.82) is 0 Å². The van der Waals surface area contributed by atoms with E-state index in [2.05, 4.69) is 35.0 Å². The van der Waals surface area contributed by atoms with Crippen molar-refractivity contribution in [2.75, 3.05) is 0 Å². The molecule has 90 valence electrons. The molecule has 0 bridgehead atoms. The van der Waals surface area contributed by atoms with Crippen LogP contribution < -0.4 is 5.43 Å². The predicted molar refractivity (Wildman–Crippen MR) is 72.1 cm³/mol. The van der Waals surface area contributed by atoms with Crippen LogP contribution in [0.2, 0.25) is 0 Å². The number of carbonyl (C=O) groups excluding carboxylic acids is 1. The average molecular weight is 248 g/mol. The molecule has 1 aromatic rings. The van der Waals surface area contributed by atoms with Gasteiger partial charge in [0.2, 0.25) is 5.91 Å². The van der Waals surface area contributed by atoms with Gasteiger partial charge in [-0.25, -0.2) is 5.43 Å². The van der Waals surface area contributed by atoms with Crippen molar-refractivity contribution in [2.45, 2.75) is 27.2 Å². The zero-order chi connectivity index (χ0) is 12.4. The molecule has 0 saturated carbocycles. The van der Waals surface area contributed by atoms with E-state index in [0.717, 1.165) is 11.3 Å². The monoisotopic (exact) mass is 248 g/mol. The number of rotatable bonds is 2. The Morgan fingerprint density at radius 1 is 1.65 bits per heavy atom. The van der Waals surface area contributed by atoms with Gasteiger partial charge in [-0.05, 0) is 42.5 Å². The Morgan fingerprint density at radius 2 is 2.41 bits per heavy atom. The molecular formula is C13H16N2OS. The van der Waals surface area contributed by atoms with Crippen LogP contribution in [0.4, 0.5) is 0 Å². The standard InChI is InChI=1S/C13H16N2OS/c1-8-4-11(17-7-8)5-9(2)13-10(3)6-12(16)14-15-13/h4-5,7,10H,6H2,1-3H3,(H,14,16). The fraction of sp³-hybridized carbons (Fsp3) is 0.385. The maximum absolute atomic E-state index is 11.2. The minimum Gasteiger partial charge on any atom is -0.273 e. The van der Waals surface area contributed by atoms with E-state index in [0.29, 0.717) is 6.42 Å². The molecular weight excluding hydrogens is 232 g/mol. The molecule has 0 radical (unpaired) electrons. The van der Waals surface area contributed by atoms with Gasteiger partial charge in [-0.1, -0.05) is 6.92 Å². The van der Waals surface area contributed by atoms with E-state index < -0.39 is 0 Å². The van der Waals surface area contributed by atoms with Gasteiger partial charge in [0.1, 0.15) is 0 Å². The van der Waals surface area contributed by atoms with E-state index in [9.17, 15) is 4.79 Å². The SMILES string of the molecule is CC(=Cc1cc(C)cs1)C1=NNC(=O)CC1C. The Bertz CT molecular complexity index is 499. The summed E-state index contributed by atoms with van der Waals surface area (Å²) in [6, 6.07) is 2.15. The first-order valence-corrected chi connectivity index (χ1v) is 6.54. The molecule has 0 fully saturated rings. The lowest BCUT2D eigenvalue weighted by molar-refractivity contribution is -0.121. The number of hydrogen-bond donors (Lipinski definition) is 1. The normalized spacial score (nSPS) is 21.1. The molecule has 1 atom stereocenters. The largest absolute Gasteiger partial charge is 0.273 e. The summed E-state index contributed by atoms with van der Waals surface area (Å²) in [6.07, 6.45) is 2.65. The molecule has 2 rings (SSSR count). The second-order valence-corrected chi connectivity index (χ2v) is 5.43. The van der Waals surface area contributed by atoms with Gasteiger partial charge in [0.05, 0.1) is 5.71 Å². The fourth-order valence-electron chi connectivity index (χ4n) is 1.95. The van der Waals surface area contributed by atoms with E-state index >= 15 is 0 Å². The van der Waals surface area contributed by atoms with Crippen molar-refractivity contribution in [1.82, 2.24) is 5.43 Å². The Labute approximate surface area is 105 Å². The Morgan fingerprint density at radius 3 is 3.00 bits per heavy atom. The number of amides is 1. The number of nitrogens with zero attached hydrogens (tertiary/aromatic N) is 1. The summed E-state index contributed by atoms with van der Waals surface area (Å²) in [4.78, 5) is 12.4. The third kappa shape index (κ3) is 2.82. The van der Waals surface area contributed by atoms with Crippen LogP contribution in [-0.2, 0) is 4.79 Å². The molecule has 1 N–H and O–H groups in total. The summed E-state index contributed by atoms with van der Waals surface area (Å²) in [7, 11) is 0. The number of thiophene rings is 1. The number of aryl methyl sites for hydroxylation is 1. The van der Waals surface area contributed by atoms with Crippen LogP contribution >= 0.6 is 11.3 Å². The summed E-state index contributed by atoms with van der Waals surface area (Å²) in [6.45, 7) is 6.17. The third-order valence-corrected chi connectivity index (χ3v) is 3.77. The topological polar surface area (TPSA) is 41.5 Å². The van der Waals surface area contributed by atoms with Crippen molar-refractivity contribution < 1.29 is 4.79 Å². The molecule has 3 nitrogen and oxygen atoms in total. The smallest absolute Gasteiger partial charge is 0.240 e. The van der Waals surface area contributed by atoms with Crippen molar-refractivity contribution in [3.05, 3.63) is 27.5 Å². The Kier molecular flexibility index (Phi) is 3.43. The van der Waals surface area contributed by atoms with Crippen LogP contribution in [0.25, 0.3) is 6.08 Å². The van der Waals surface area contributed by atoms with Crippen LogP contribution in [-0.4, -0.2) is 11.6 Å². The highest BCUT2D eigenvalue weighted by Gasteiger charge is 2.21. The number of hydrazone groups is 1. The predicted octanol–water partition coefficient (Wildman–Crippen LogP) is 2.97. The maximum atomic E-state index is 11.2. The second-order valence-electron chi connectivity index (χ2n) is 4.49. The van der Waals surface area contributed by atoms with Crippen LogP contribution in [0, 0.1) is 12.8 Å². The number of allylic oxidation sites excluding steroid dienone is 1. The summed E-state index contributed by atoms with van der Waals surface area (Å²) >= 11 is 1.72. The van der Waals surface area contributed by atoms with E-state index in [1.54, 1.807) is 11.3 Å². The lowest BCUT2D eigenvalue weighted by atomic mass is 9.94. The molecule has 4 heteroatoms. The molecule has 0 saturated heterocycles. The molecule has 0 aromatic carbocycles. The Hall–Kier alpha value is -1.42. The maximum Gasteiger partial charge on any atom is 0.240 e. The highest BCUT2D eigenvalue weighted by Crippen LogP contribution is 2.21. The Balaban J connectivity index is 2.22. The first-order valence-electron chi connectivity index (χ1n) is 5.66. The quantitative estimate of drug-likeness (QED) is 0.859. The molecule has 1 amide bonds. The fourth-order valence-corrected chi connectivity index (χ4v) is 2.84. The summed E-state index contributed by atoms with van der Waals surface area (Å²) in [5.41, 5.74) is 5.93. The van der Waals surface area contributed by atoms with Crippen LogP contribution in [0.1, 0.15) is 30.7 Å². The van der Waals surface area contributed by atoms with Gasteiger partial charge in [0.15, 0.2) is 0 Å². The zero-order valence-electron chi connectivity index (χ0n) is 10.3. The molecule has 2 heterocycles. The molecule has 1 aliphatic heterocycles. The van der Waals surface area contributed by atoms with Gasteiger partial charge in [0, 0.05) is 17.2 Å². The highest BCUT2D eigenvalue weighted by molar-refractivity contribution is 7.11. The van der Waals surface area contributed by atoms with Gasteiger partial charge in [-0.15, -0.1) is 11.3 Å². The first-order chi connectivity index (χ1) is 8.06. The average Bonchev–Trinajstić information content (AvgIpc) is 2.63. The van der Waals surface area contributed by atoms with Gasteiger partial charge < -0.3 is 0 Å². The van der Waals surface area contributed by atoms with Crippen molar-refractivity contribution >= 4 is 29.0 Å². The van der Waals surface area contributed by atoms with Gasteiger partial charge in [-0.2, -0.15) is 5.10 Å². The lowest BCUT2D eigenvalue weighted by Gasteiger charge is -2.19. The molecule has 0 spiro atoms. The summed E-state index contributed by atoms with van der Waals surface area (Å²) < 4.78 is 0. The molecule has 1 unspecified atom stereocenters. The molecule has 17 heavy (non-hydrogen) atoms. The van der Waals surface area contributed by atoms with E-state index in [4.69, 9.17) is 0 Å². The second kappa shape index (κ2) is 4.84. The van der Waals surface area contributed by atoms with Gasteiger partial charge in [0.25, 0.3) is 0 Å². The summed E-state index contributed by atoms with van der Waals surface area (Å²) in [5, 5.41) is 6.28. The minimum atomic E-state index is 0.000943. The molecule has 0 aliphatic carbocycles. The van der Waals surface area contributed by atoms with Crippen LogP contribution in [0.5, 0.6) is 0 Å². The van der Waals surface area contributed by atoms with Crippen LogP contribution in [0.15, 0.2) is 22.1 Å². The van der Waals surface area contributed by atoms with Gasteiger partial charge in [-0.3, -0.25) is 4.79 Å². The highest BCUT2D eigenvalue weighted by atomic mass is 32.1. The molecule has 1 aliphatic rings. The van der Waals surface area contributed by atoms with Crippen molar-refractivity contribution in [2.24, 2.45) is 11.0 Å². The molecule has 1 aromatic heterocycles. The number of hydrogen-bond acceptors (Lipinski definition) is 3. The minimum absolute atomic E-state index is 0.000943. The van der Waals surface area contributed by atoms with E-state index in [-0.39, 0.29) is 11.8 Å². The third-order valence-electron chi connectivity index (χ3n) is 2.77. The zero-order valence-corrected chi connectivity index (χ0v) is 11.1. The number of carbonyl (C=O) groups is 1. The lowest BCUT2D eigenvalue weighted by Crippen LogP contribution is -2.31.